The number of likely N-dealkylation sites (tertiary alicyclic amines) is 1. The molecule has 136 valence electrons. The summed E-state index contributed by atoms with van der Waals surface area (Å²) >= 11 is 1.94. The predicted octanol–water partition coefficient (Wildman–Crippen LogP) is 2.74. The second-order valence-corrected chi connectivity index (χ2v) is 8.33. The molecule has 6 heteroatoms. The van der Waals surface area contributed by atoms with Crippen LogP contribution in [0.4, 0.5) is 5.69 Å². The fourth-order valence-electron chi connectivity index (χ4n) is 3.89. The van der Waals surface area contributed by atoms with Gasteiger partial charge in [-0.3, -0.25) is 4.79 Å². The highest BCUT2D eigenvalue weighted by molar-refractivity contribution is 8.00. The molecule has 1 spiro atoms. The Morgan fingerprint density at radius 1 is 1.24 bits per heavy atom. The molecule has 1 atom stereocenters. The molecule has 0 unspecified atom stereocenters. The summed E-state index contributed by atoms with van der Waals surface area (Å²) in [6, 6.07) is 8.43. The summed E-state index contributed by atoms with van der Waals surface area (Å²) in [4.78, 5) is 18.4. The number of nitrogens with zero attached hydrogens (tertiary/aromatic N) is 2. The Labute approximate surface area is 153 Å². The lowest BCUT2D eigenvalue weighted by Gasteiger charge is -2.40. The van der Waals surface area contributed by atoms with Gasteiger partial charge in [0.05, 0.1) is 25.4 Å². The first-order valence-corrected chi connectivity index (χ1v) is 10.1. The van der Waals surface area contributed by atoms with Gasteiger partial charge in [0.15, 0.2) is 5.79 Å². The molecule has 0 bridgehead atoms. The topological polar surface area (TPSA) is 42.0 Å². The van der Waals surface area contributed by atoms with Crippen LogP contribution in [-0.4, -0.2) is 61.2 Å². The van der Waals surface area contributed by atoms with Crippen LogP contribution in [0.2, 0.25) is 0 Å². The average molecular weight is 362 g/mol. The molecule has 0 N–H and O–H groups in total. The van der Waals surface area contributed by atoms with Gasteiger partial charge in [-0.2, -0.15) is 0 Å². The number of anilines is 1. The Morgan fingerprint density at radius 2 is 1.96 bits per heavy atom. The number of amides is 1. The van der Waals surface area contributed by atoms with E-state index in [1.807, 2.05) is 16.7 Å². The number of thioether (sulfide) groups is 1. The van der Waals surface area contributed by atoms with Gasteiger partial charge in [-0.25, -0.2) is 0 Å². The number of rotatable bonds is 3. The van der Waals surface area contributed by atoms with Gasteiger partial charge in [-0.15, -0.1) is 11.8 Å². The quantitative estimate of drug-likeness (QED) is 0.827. The molecular weight excluding hydrogens is 336 g/mol. The minimum Gasteiger partial charge on any atom is -0.360 e. The van der Waals surface area contributed by atoms with E-state index in [9.17, 15) is 4.79 Å². The molecule has 1 aromatic rings. The number of para-hydroxylation sites is 1. The number of benzene rings is 1. The van der Waals surface area contributed by atoms with Crippen molar-refractivity contribution >= 4 is 23.4 Å². The first-order chi connectivity index (χ1) is 12.2. The summed E-state index contributed by atoms with van der Waals surface area (Å²) in [5.74, 6) is -0.206. The van der Waals surface area contributed by atoms with Crippen molar-refractivity contribution in [2.75, 3.05) is 44.3 Å². The number of hydrogen-bond acceptors (Lipinski definition) is 5. The average Bonchev–Trinajstić information content (AvgIpc) is 3.10. The van der Waals surface area contributed by atoms with E-state index in [0.717, 1.165) is 38.9 Å². The van der Waals surface area contributed by atoms with Crippen LogP contribution in [0.5, 0.6) is 0 Å². The van der Waals surface area contributed by atoms with Gasteiger partial charge < -0.3 is 19.3 Å². The Balaban J connectivity index is 1.41. The van der Waals surface area contributed by atoms with Crippen molar-refractivity contribution in [1.82, 2.24) is 4.90 Å². The number of hydrogen-bond donors (Lipinski definition) is 0. The molecule has 4 rings (SSSR count). The molecule has 3 heterocycles. The molecule has 0 radical (unpaired) electrons. The van der Waals surface area contributed by atoms with E-state index < -0.39 is 5.79 Å². The van der Waals surface area contributed by atoms with E-state index in [1.54, 1.807) is 0 Å². The summed E-state index contributed by atoms with van der Waals surface area (Å²) in [7, 11) is 0. The summed E-state index contributed by atoms with van der Waals surface area (Å²) in [6.07, 6.45) is 2.68. The molecule has 0 saturated carbocycles. The van der Waals surface area contributed by atoms with Crippen molar-refractivity contribution in [2.45, 2.75) is 42.1 Å². The Kier molecular flexibility index (Phi) is 4.93. The first kappa shape index (κ1) is 17.2. The minimum absolute atomic E-state index is 0.212. The van der Waals surface area contributed by atoms with E-state index in [2.05, 4.69) is 36.1 Å². The number of ether oxygens (including phenoxy) is 2. The van der Waals surface area contributed by atoms with Crippen molar-refractivity contribution in [3.05, 3.63) is 24.3 Å². The molecule has 0 aromatic heterocycles. The van der Waals surface area contributed by atoms with Crippen molar-refractivity contribution in [3.63, 3.8) is 0 Å². The lowest BCUT2D eigenvalue weighted by molar-refractivity contribution is -0.187. The molecular formula is C19H26N2O3S. The Morgan fingerprint density at radius 3 is 2.68 bits per heavy atom. The van der Waals surface area contributed by atoms with E-state index in [0.29, 0.717) is 25.0 Å². The largest absolute Gasteiger partial charge is 0.360 e. The summed E-state index contributed by atoms with van der Waals surface area (Å²) in [5.41, 5.74) is 1.20. The van der Waals surface area contributed by atoms with Crippen LogP contribution in [0, 0.1) is 0 Å². The van der Waals surface area contributed by atoms with E-state index >= 15 is 0 Å². The number of fused-ring (bicyclic) bond motifs is 1. The minimum atomic E-state index is -0.418. The normalized spacial score (nSPS) is 25.2. The SMILES string of the molecule is CC[C@@H]1CN(CC(=O)N2CCC3(CC2)OCCO3)c2ccccc2S1. The third-order valence-electron chi connectivity index (χ3n) is 5.40. The van der Waals surface area contributed by atoms with Gasteiger partial charge in [0.1, 0.15) is 0 Å². The third-order valence-corrected chi connectivity index (χ3v) is 6.81. The van der Waals surface area contributed by atoms with Crippen LogP contribution in [0.15, 0.2) is 29.2 Å². The maximum Gasteiger partial charge on any atom is 0.242 e. The fourth-order valence-corrected chi connectivity index (χ4v) is 5.14. The smallest absolute Gasteiger partial charge is 0.242 e. The maximum atomic E-state index is 12.9. The van der Waals surface area contributed by atoms with Crippen LogP contribution in [0.3, 0.4) is 0 Å². The van der Waals surface area contributed by atoms with Crippen molar-refractivity contribution in [2.24, 2.45) is 0 Å². The zero-order valence-electron chi connectivity index (χ0n) is 14.8. The van der Waals surface area contributed by atoms with Crippen LogP contribution in [0.25, 0.3) is 0 Å². The Bertz CT molecular complexity index is 623. The van der Waals surface area contributed by atoms with Gasteiger partial charge in [0.25, 0.3) is 0 Å². The second-order valence-electron chi connectivity index (χ2n) is 6.98. The zero-order chi connectivity index (χ0) is 17.3. The molecule has 1 aromatic carbocycles. The molecule has 2 fully saturated rings. The van der Waals surface area contributed by atoms with Crippen LogP contribution in [-0.2, 0) is 14.3 Å². The molecule has 25 heavy (non-hydrogen) atoms. The van der Waals surface area contributed by atoms with E-state index in [4.69, 9.17) is 9.47 Å². The van der Waals surface area contributed by atoms with Crippen LogP contribution < -0.4 is 4.90 Å². The molecule has 1 amide bonds. The van der Waals surface area contributed by atoms with Crippen molar-refractivity contribution in [3.8, 4) is 0 Å². The highest BCUT2D eigenvalue weighted by Gasteiger charge is 2.41. The van der Waals surface area contributed by atoms with E-state index in [-0.39, 0.29) is 5.91 Å². The summed E-state index contributed by atoms with van der Waals surface area (Å²) in [6.45, 7) is 6.41. The molecule has 3 aliphatic rings. The van der Waals surface area contributed by atoms with Gasteiger partial charge in [0, 0.05) is 42.6 Å². The van der Waals surface area contributed by atoms with Crippen molar-refractivity contribution in [1.29, 1.82) is 0 Å². The first-order valence-electron chi connectivity index (χ1n) is 9.25. The summed E-state index contributed by atoms with van der Waals surface area (Å²) in [5, 5.41) is 0.549. The lowest BCUT2D eigenvalue weighted by atomic mass is 10.0. The van der Waals surface area contributed by atoms with E-state index in [1.165, 1.54) is 10.6 Å². The van der Waals surface area contributed by atoms with Gasteiger partial charge in [-0.05, 0) is 18.6 Å². The summed E-state index contributed by atoms with van der Waals surface area (Å²) < 4.78 is 11.5. The van der Waals surface area contributed by atoms with Gasteiger partial charge >= 0.3 is 0 Å². The zero-order valence-corrected chi connectivity index (χ0v) is 15.6. The fraction of sp³-hybridized carbons (Fsp3) is 0.632. The number of carbonyl (C=O) groups is 1. The molecule has 3 aliphatic heterocycles. The van der Waals surface area contributed by atoms with Crippen LogP contribution >= 0.6 is 11.8 Å². The monoisotopic (exact) mass is 362 g/mol. The van der Waals surface area contributed by atoms with Crippen molar-refractivity contribution < 1.29 is 14.3 Å². The van der Waals surface area contributed by atoms with Crippen LogP contribution in [0.1, 0.15) is 26.2 Å². The highest BCUT2D eigenvalue weighted by atomic mass is 32.2. The molecule has 2 saturated heterocycles. The maximum absolute atomic E-state index is 12.9. The predicted molar refractivity (Wildman–Crippen MR) is 99.0 cm³/mol. The third kappa shape index (κ3) is 3.52. The number of piperidine rings is 1. The Hall–Kier alpha value is -1.24. The second kappa shape index (κ2) is 7.17. The standard InChI is InChI=1S/C19H26N2O3S/c1-2-15-13-21(16-5-3-4-6-17(16)25-15)14-18(22)20-9-7-19(8-10-20)23-11-12-24-19/h3-6,15H,2,7-14H2,1H3/t15-/m1/s1. The van der Waals surface area contributed by atoms with Gasteiger partial charge in [-0.1, -0.05) is 19.1 Å². The molecule has 5 nitrogen and oxygen atoms in total. The molecule has 0 aliphatic carbocycles. The van der Waals surface area contributed by atoms with Gasteiger partial charge in [0.2, 0.25) is 5.91 Å². The lowest BCUT2D eigenvalue weighted by Crippen LogP contribution is -2.50. The highest BCUT2D eigenvalue weighted by Crippen LogP contribution is 2.39. The number of carbonyl (C=O) groups excluding carboxylic acids is 1.